The largest absolute Gasteiger partial charge is 0.494 e. The lowest BCUT2D eigenvalue weighted by molar-refractivity contribution is -0.0352. The molecule has 30 heavy (non-hydrogen) atoms. The number of morpholine rings is 1. The van der Waals surface area contributed by atoms with Crippen molar-refractivity contribution >= 4 is 0 Å². The van der Waals surface area contributed by atoms with Crippen LogP contribution < -0.4 is 4.74 Å². The van der Waals surface area contributed by atoms with Gasteiger partial charge in [-0.25, -0.2) is 4.39 Å². The summed E-state index contributed by atoms with van der Waals surface area (Å²) in [5, 5.41) is 8.37. The Morgan fingerprint density at radius 2 is 2.03 bits per heavy atom. The number of benzene rings is 2. The Labute approximate surface area is 175 Å². The highest BCUT2D eigenvalue weighted by Gasteiger charge is 2.24. The van der Waals surface area contributed by atoms with E-state index >= 15 is 0 Å². The Hall–Kier alpha value is -2.77. The van der Waals surface area contributed by atoms with E-state index in [4.69, 9.17) is 13.9 Å². The molecule has 1 aliphatic rings. The Bertz CT molecular complexity index is 945. The topological polar surface area (TPSA) is 60.6 Å². The van der Waals surface area contributed by atoms with Crippen molar-refractivity contribution in [3.63, 3.8) is 0 Å². The summed E-state index contributed by atoms with van der Waals surface area (Å²) in [5.74, 6) is 1.62. The van der Waals surface area contributed by atoms with Gasteiger partial charge in [0.1, 0.15) is 11.6 Å². The van der Waals surface area contributed by atoms with Crippen molar-refractivity contribution in [2.75, 3.05) is 26.3 Å². The molecule has 0 N–H and O–H groups in total. The summed E-state index contributed by atoms with van der Waals surface area (Å²) >= 11 is 0. The van der Waals surface area contributed by atoms with Gasteiger partial charge in [0.2, 0.25) is 11.8 Å². The van der Waals surface area contributed by atoms with Crippen molar-refractivity contribution in [1.82, 2.24) is 15.1 Å². The maximum Gasteiger partial charge on any atom is 0.247 e. The molecule has 1 atom stereocenters. The summed E-state index contributed by atoms with van der Waals surface area (Å²) < 4.78 is 30.9. The summed E-state index contributed by atoms with van der Waals surface area (Å²) in [5.41, 5.74) is 1.70. The summed E-state index contributed by atoms with van der Waals surface area (Å²) in [6.07, 6.45) is 1.97. The molecule has 6 nitrogen and oxygen atoms in total. The first-order valence-electron chi connectivity index (χ1n) is 10.4. The average molecular weight is 411 g/mol. The first kappa shape index (κ1) is 20.5. The van der Waals surface area contributed by atoms with Gasteiger partial charge in [-0.2, -0.15) is 0 Å². The zero-order chi connectivity index (χ0) is 20.8. The standard InChI is InChI=1S/C23H26FN3O3/c1-2-3-12-28-20-9-7-17(8-10-20)23-26-25-22(30-23)16-27-11-13-29-21(15-27)18-5-4-6-19(24)14-18/h4-10,14,21H,2-3,11-13,15-16H2,1H3. The monoisotopic (exact) mass is 411 g/mol. The van der Waals surface area contributed by atoms with Crippen LogP contribution in [0.1, 0.15) is 37.3 Å². The SMILES string of the molecule is CCCCOc1ccc(-c2nnc(CN3CCOC(c4cccc(F)c4)C3)o2)cc1. The highest BCUT2D eigenvalue weighted by atomic mass is 19.1. The van der Waals surface area contributed by atoms with Crippen LogP contribution >= 0.6 is 0 Å². The van der Waals surface area contributed by atoms with Crippen LogP contribution in [0, 0.1) is 5.82 Å². The molecule has 0 bridgehead atoms. The fourth-order valence-corrected chi connectivity index (χ4v) is 3.41. The number of ether oxygens (including phenoxy) is 2. The third-order valence-electron chi connectivity index (χ3n) is 5.06. The first-order valence-corrected chi connectivity index (χ1v) is 10.4. The van der Waals surface area contributed by atoms with E-state index in [0.717, 1.165) is 42.9 Å². The van der Waals surface area contributed by atoms with Crippen LogP contribution in [-0.4, -0.2) is 41.4 Å². The van der Waals surface area contributed by atoms with Crippen LogP contribution in [0.2, 0.25) is 0 Å². The third kappa shape index (κ3) is 5.23. The second-order valence-corrected chi connectivity index (χ2v) is 7.38. The van der Waals surface area contributed by atoms with Crippen molar-refractivity contribution in [3.8, 4) is 17.2 Å². The third-order valence-corrected chi connectivity index (χ3v) is 5.06. The van der Waals surface area contributed by atoms with E-state index < -0.39 is 0 Å². The molecular formula is C23H26FN3O3. The molecule has 1 fully saturated rings. The van der Waals surface area contributed by atoms with Crippen LogP contribution in [0.15, 0.2) is 52.9 Å². The molecule has 2 aromatic carbocycles. The van der Waals surface area contributed by atoms with Crippen LogP contribution in [0.5, 0.6) is 5.75 Å². The van der Waals surface area contributed by atoms with E-state index in [1.54, 1.807) is 6.07 Å². The molecule has 0 radical (unpaired) electrons. The first-order chi connectivity index (χ1) is 14.7. The van der Waals surface area contributed by atoms with Gasteiger partial charge in [0.15, 0.2) is 0 Å². The van der Waals surface area contributed by atoms with Gasteiger partial charge in [-0.05, 0) is 48.4 Å². The van der Waals surface area contributed by atoms with E-state index in [0.29, 0.717) is 31.5 Å². The van der Waals surface area contributed by atoms with Gasteiger partial charge in [0.05, 0.1) is 25.9 Å². The molecule has 158 valence electrons. The number of aromatic nitrogens is 2. The smallest absolute Gasteiger partial charge is 0.247 e. The Morgan fingerprint density at radius 3 is 2.83 bits per heavy atom. The van der Waals surface area contributed by atoms with Crippen LogP contribution in [0.4, 0.5) is 4.39 Å². The molecule has 1 unspecified atom stereocenters. The van der Waals surface area contributed by atoms with Crippen molar-refractivity contribution in [3.05, 3.63) is 65.8 Å². The van der Waals surface area contributed by atoms with Crippen LogP contribution in [-0.2, 0) is 11.3 Å². The van der Waals surface area contributed by atoms with Crippen molar-refractivity contribution in [2.45, 2.75) is 32.4 Å². The van der Waals surface area contributed by atoms with E-state index in [-0.39, 0.29) is 11.9 Å². The van der Waals surface area contributed by atoms with E-state index in [9.17, 15) is 4.39 Å². The lowest BCUT2D eigenvalue weighted by Gasteiger charge is -2.32. The van der Waals surface area contributed by atoms with E-state index in [1.807, 2.05) is 30.3 Å². The fourth-order valence-electron chi connectivity index (χ4n) is 3.41. The number of halogens is 1. The number of nitrogens with zero attached hydrogens (tertiary/aromatic N) is 3. The second-order valence-electron chi connectivity index (χ2n) is 7.38. The maximum atomic E-state index is 13.5. The lowest BCUT2D eigenvalue weighted by Crippen LogP contribution is -2.37. The van der Waals surface area contributed by atoms with Crippen LogP contribution in [0.3, 0.4) is 0 Å². The Kier molecular flexibility index (Phi) is 6.71. The number of hydrogen-bond acceptors (Lipinski definition) is 6. The highest BCUT2D eigenvalue weighted by molar-refractivity contribution is 5.53. The molecule has 4 rings (SSSR count). The predicted molar refractivity (Wildman–Crippen MR) is 111 cm³/mol. The minimum atomic E-state index is -0.253. The molecule has 1 aliphatic heterocycles. The molecule has 1 saturated heterocycles. The minimum Gasteiger partial charge on any atom is -0.494 e. The summed E-state index contributed by atoms with van der Waals surface area (Å²) in [7, 11) is 0. The Morgan fingerprint density at radius 1 is 1.17 bits per heavy atom. The fraction of sp³-hybridized carbons (Fsp3) is 0.391. The van der Waals surface area contributed by atoms with E-state index in [1.165, 1.54) is 12.1 Å². The van der Waals surface area contributed by atoms with Gasteiger partial charge < -0.3 is 13.9 Å². The molecule has 7 heteroatoms. The van der Waals surface area contributed by atoms with Gasteiger partial charge in [-0.1, -0.05) is 25.5 Å². The molecule has 0 amide bonds. The molecule has 0 aliphatic carbocycles. The molecule has 0 saturated carbocycles. The zero-order valence-corrected chi connectivity index (χ0v) is 17.1. The number of hydrogen-bond donors (Lipinski definition) is 0. The maximum absolute atomic E-state index is 13.5. The quantitative estimate of drug-likeness (QED) is 0.504. The van der Waals surface area contributed by atoms with Crippen molar-refractivity contribution < 1.29 is 18.3 Å². The molecular weight excluding hydrogens is 385 g/mol. The van der Waals surface area contributed by atoms with Crippen LogP contribution in [0.25, 0.3) is 11.5 Å². The van der Waals surface area contributed by atoms with E-state index in [2.05, 4.69) is 22.0 Å². The molecule has 0 spiro atoms. The van der Waals surface area contributed by atoms with Gasteiger partial charge in [0.25, 0.3) is 0 Å². The summed E-state index contributed by atoms with van der Waals surface area (Å²) in [6, 6.07) is 14.2. The summed E-state index contributed by atoms with van der Waals surface area (Å²) in [4.78, 5) is 2.18. The molecule has 2 heterocycles. The van der Waals surface area contributed by atoms with Gasteiger partial charge >= 0.3 is 0 Å². The van der Waals surface area contributed by atoms with Gasteiger partial charge in [-0.15, -0.1) is 10.2 Å². The molecule has 3 aromatic rings. The number of unbranched alkanes of at least 4 members (excludes halogenated alkanes) is 1. The van der Waals surface area contributed by atoms with Crippen molar-refractivity contribution in [1.29, 1.82) is 0 Å². The Balaban J connectivity index is 1.36. The minimum absolute atomic E-state index is 0.169. The van der Waals surface area contributed by atoms with Gasteiger partial charge in [-0.3, -0.25) is 4.90 Å². The second kappa shape index (κ2) is 9.82. The summed E-state index contributed by atoms with van der Waals surface area (Å²) in [6.45, 7) is 5.36. The van der Waals surface area contributed by atoms with Crippen molar-refractivity contribution in [2.24, 2.45) is 0 Å². The molecule has 1 aromatic heterocycles. The zero-order valence-electron chi connectivity index (χ0n) is 17.1. The lowest BCUT2D eigenvalue weighted by atomic mass is 10.1. The average Bonchev–Trinajstić information content (AvgIpc) is 3.23. The number of rotatable bonds is 8. The highest BCUT2D eigenvalue weighted by Crippen LogP contribution is 2.25. The predicted octanol–water partition coefficient (Wildman–Crippen LogP) is 4.63. The normalized spacial score (nSPS) is 17.2. The van der Waals surface area contributed by atoms with Gasteiger partial charge in [0, 0.05) is 18.7 Å².